The number of halogens is 2. The fourth-order valence-corrected chi connectivity index (χ4v) is 5.94. The van der Waals surface area contributed by atoms with Crippen molar-refractivity contribution >= 4 is 55.9 Å². The maximum atomic E-state index is 13.9. The monoisotopic (exact) mass is 518 g/mol. The summed E-state index contributed by atoms with van der Waals surface area (Å²) in [4.78, 5) is 15.6. The molecule has 176 valence electrons. The second-order valence-corrected chi connectivity index (χ2v) is 10.3. The Balaban J connectivity index is 1.87. The van der Waals surface area contributed by atoms with Crippen LogP contribution in [0.5, 0.6) is 0 Å². The van der Waals surface area contributed by atoms with Gasteiger partial charge in [0.15, 0.2) is 5.82 Å². The largest absolute Gasteiger partial charge is 0.478 e. The van der Waals surface area contributed by atoms with Crippen LogP contribution in [0.1, 0.15) is 28.4 Å². The van der Waals surface area contributed by atoms with Gasteiger partial charge in [-0.2, -0.15) is 5.10 Å². The third-order valence-corrected chi connectivity index (χ3v) is 7.74. The molecule has 8 nitrogen and oxygen atoms in total. The van der Waals surface area contributed by atoms with Crippen molar-refractivity contribution in [3.05, 3.63) is 81.6 Å². The minimum absolute atomic E-state index is 0.00651. The molecule has 11 heteroatoms. The SMILES string of the molecule is CCc1cc(C(=O)O)ccc1S(=O)(=O)N(Cc1ccc2c(cnn2C)c1)c1ncc(Cl)cc1Cl. The van der Waals surface area contributed by atoms with E-state index >= 15 is 0 Å². The van der Waals surface area contributed by atoms with E-state index in [2.05, 4.69) is 10.1 Å². The predicted molar refractivity (Wildman–Crippen MR) is 131 cm³/mol. The number of fused-ring (bicyclic) bond motifs is 1. The molecule has 0 spiro atoms. The van der Waals surface area contributed by atoms with Crippen LogP contribution in [0.25, 0.3) is 10.9 Å². The number of pyridine rings is 1. The third kappa shape index (κ3) is 4.46. The second-order valence-electron chi connectivity index (χ2n) is 7.61. The minimum atomic E-state index is -4.19. The zero-order valence-electron chi connectivity index (χ0n) is 18.2. The van der Waals surface area contributed by atoms with Gasteiger partial charge in [0.1, 0.15) is 0 Å². The quantitative estimate of drug-likeness (QED) is 0.371. The number of aromatic carboxylic acids is 1. The Morgan fingerprint density at radius 1 is 1.12 bits per heavy atom. The van der Waals surface area contributed by atoms with Crippen LogP contribution in [0.15, 0.2) is 59.8 Å². The summed E-state index contributed by atoms with van der Waals surface area (Å²) in [6.45, 7) is 1.69. The number of benzene rings is 2. The Labute approximate surface area is 206 Å². The summed E-state index contributed by atoms with van der Waals surface area (Å²) in [5.74, 6) is -1.12. The number of aryl methyl sites for hydroxylation is 2. The number of carbonyl (C=O) groups is 1. The van der Waals surface area contributed by atoms with Crippen molar-refractivity contribution in [1.29, 1.82) is 0 Å². The first kappa shape index (κ1) is 24.0. The second kappa shape index (κ2) is 9.25. The molecule has 2 heterocycles. The predicted octanol–water partition coefficient (Wildman–Crippen LogP) is 4.93. The fraction of sp³-hybridized carbons (Fsp3) is 0.174. The smallest absolute Gasteiger partial charge is 0.335 e. The number of hydrogen-bond acceptors (Lipinski definition) is 5. The number of rotatable bonds is 7. The first-order chi connectivity index (χ1) is 16.1. The lowest BCUT2D eigenvalue weighted by molar-refractivity contribution is 0.0696. The molecule has 2 aromatic carbocycles. The number of hydrogen-bond donors (Lipinski definition) is 1. The van der Waals surface area contributed by atoms with Crippen molar-refractivity contribution in [3.63, 3.8) is 0 Å². The van der Waals surface area contributed by atoms with E-state index in [4.69, 9.17) is 23.2 Å². The van der Waals surface area contributed by atoms with Crippen LogP contribution in [0.4, 0.5) is 5.82 Å². The van der Waals surface area contributed by atoms with Crippen molar-refractivity contribution in [2.24, 2.45) is 7.05 Å². The highest BCUT2D eigenvalue weighted by atomic mass is 35.5. The van der Waals surface area contributed by atoms with E-state index in [0.717, 1.165) is 15.2 Å². The van der Waals surface area contributed by atoms with E-state index in [9.17, 15) is 18.3 Å². The van der Waals surface area contributed by atoms with Gasteiger partial charge in [-0.25, -0.2) is 22.5 Å². The molecule has 34 heavy (non-hydrogen) atoms. The van der Waals surface area contributed by atoms with E-state index in [-0.39, 0.29) is 32.9 Å². The van der Waals surface area contributed by atoms with Gasteiger partial charge >= 0.3 is 5.97 Å². The Kier molecular flexibility index (Phi) is 6.53. The van der Waals surface area contributed by atoms with Gasteiger partial charge in [-0.15, -0.1) is 0 Å². The molecule has 0 aliphatic carbocycles. The molecule has 0 atom stereocenters. The lowest BCUT2D eigenvalue weighted by Crippen LogP contribution is -2.32. The van der Waals surface area contributed by atoms with Gasteiger partial charge in [0.05, 0.1) is 38.8 Å². The summed E-state index contributed by atoms with van der Waals surface area (Å²) in [7, 11) is -2.37. The fourth-order valence-electron chi connectivity index (χ4n) is 3.70. The number of carboxylic acid groups (broad SMARTS) is 1. The van der Waals surface area contributed by atoms with Gasteiger partial charge in [-0.1, -0.05) is 36.2 Å². The molecule has 0 bridgehead atoms. The van der Waals surface area contributed by atoms with Gasteiger partial charge in [0.2, 0.25) is 0 Å². The molecule has 1 N–H and O–H groups in total. The molecular formula is C23H20Cl2N4O4S. The van der Waals surface area contributed by atoms with Crippen molar-refractivity contribution in [2.45, 2.75) is 24.8 Å². The average Bonchev–Trinajstić information content (AvgIpc) is 3.17. The van der Waals surface area contributed by atoms with Crippen LogP contribution in [0.2, 0.25) is 10.0 Å². The molecule has 0 saturated heterocycles. The zero-order chi connectivity index (χ0) is 24.6. The molecule has 0 unspecified atom stereocenters. The van der Waals surface area contributed by atoms with Gasteiger partial charge in [-0.05, 0) is 53.9 Å². The van der Waals surface area contributed by atoms with Crippen molar-refractivity contribution in [3.8, 4) is 0 Å². The van der Waals surface area contributed by atoms with Gasteiger partial charge in [-0.3, -0.25) is 4.68 Å². The lowest BCUT2D eigenvalue weighted by atomic mass is 10.1. The summed E-state index contributed by atoms with van der Waals surface area (Å²) in [5.41, 5.74) is 1.97. The highest BCUT2D eigenvalue weighted by Gasteiger charge is 2.30. The summed E-state index contributed by atoms with van der Waals surface area (Å²) in [5, 5.41) is 14.7. The first-order valence-electron chi connectivity index (χ1n) is 10.2. The molecule has 0 fully saturated rings. The van der Waals surface area contributed by atoms with Crippen molar-refractivity contribution < 1.29 is 18.3 Å². The number of nitrogens with zero attached hydrogens (tertiary/aromatic N) is 4. The molecule has 0 radical (unpaired) electrons. The minimum Gasteiger partial charge on any atom is -0.478 e. The highest BCUT2D eigenvalue weighted by Crippen LogP contribution is 2.33. The maximum absolute atomic E-state index is 13.9. The van der Waals surface area contributed by atoms with E-state index < -0.39 is 16.0 Å². The Bertz CT molecular complexity index is 1520. The molecule has 4 aromatic rings. The summed E-state index contributed by atoms with van der Waals surface area (Å²) in [6, 6.07) is 10.9. The zero-order valence-corrected chi connectivity index (χ0v) is 20.6. The van der Waals surface area contributed by atoms with E-state index in [1.807, 2.05) is 25.2 Å². The molecule has 0 aliphatic rings. The summed E-state index contributed by atoms with van der Waals surface area (Å²) in [6.07, 6.45) is 3.34. The number of aromatic nitrogens is 3. The van der Waals surface area contributed by atoms with Crippen LogP contribution in [0, 0.1) is 0 Å². The van der Waals surface area contributed by atoms with Crippen molar-refractivity contribution in [2.75, 3.05) is 4.31 Å². The van der Waals surface area contributed by atoms with Crippen molar-refractivity contribution in [1.82, 2.24) is 14.8 Å². The molecule has 4 rings (SSSR count). The van der Waals surface area contributed by atoms with Crippen LogP contribution >= 0.6 is 23.2 Å². The van der Waals surface area contributed by atoms with Crippen LogP contribution in [-0.2, 0) is 30.0 Å². The molecule has 2 aromatic heterocycles. The van der Waals surface area contributed by atoms with Gasteiger partial charge in [0, 0.05) is 18.6 Å². The van der Waals surface area contributed by atoms with E-state index in [1.54, 1.807) is 17.8 Å². The van der Waals surface area contributed by atoms with E-state index in [1.165, 1.54) is 30.5 Å². The topological polar surface area (TPSA) is 105 Å². The standard InChI is InChI=1S/C23H20Cl2N4O4S/c1-3-15-9-16(23(30)31)5-7-21(15)34(32,33)29(22-19(25)10-18(24)12-26-22)13-14-4-6-20-17(8-14)11-27-28(20)2/h4-12H,3,13H2,1-2H3,(H,30,31). The summed E-state index contributed by atoms with van der Waals surface area (Å²) < 4.78 is 30.7. The highest BCUT2D eigenvalue weighted by molar-refractivity contribution is 7.92. The molecule has 0 amide bonds. The number of anilines is 1. The Morgan fingerprint density at radius 3 is 2.56 bits per heavy atom. The normalized spacial score (nSPS) is 11.6. The Hall–Kier alpha value is -3.14. The molecule has 0 aliphatic heterocycles. The number of sulfonamides is 1. The van der Waals surface area contributed by atoms with Gasteiger partial charge in [0.25, 0.3) is 10.0 Å². The lowest BCUT2D eigenvalue weighted by Gasteiger charge is -2.26. The molecular weight excluding hydrogens is 499 g/mol. The Morgan fingerprint density at radius 2 is 1.88 bits per heavy atom. The van der Waals surface area contributed by atoms with Crippen LogP contribution in [0.3, 0.4) is 0 Å². The number of carboxylic acids is 1. The van der Waals surface area contributed by atoms with Crippen LogP contribution < -0.4 is 4.31 Å². The first-order valence-corrected chi connectivity index (χ1v) is 12.4. The van der Waals surface area contributed by atoms with Gasteiger partial charge < -0.3 is 5.11 Å². The third-order valence-electron chi connectivity index (χ3n) is 5.42. The van der Waals surface area contributed by atoms with E-state index in [0.29, 0.717) is 17.5 Å². The summed E-state index contributed by atoms with van der Waals surface area (Å²) >= 11 is 12.4. The molecule has 0 saturated carbocycles. The average molecular weight is 519 g/mol. The maximum Gasteiger partial charge on any atom is 0.335 e. The van der Waals surface area contributed by atoms with Crippen LogP contribution in [-0.4, -0.2) is 34.3 Å².